The van der Waals surface area contributed by atoms with E-state index in [-0.39, 0.29) is 35.1 Å². The molecule has 0 unspecified atom stereocenters. The summed E-state index contributed by atoms with van der Waals surface area (Å²) in [5.41, 5.74) is 0.334. The van der Waals surface area contributed by atoms with Crippen molar-refractivity contribution in [1.29, 1.82) is 0 Å². The Morgan fingerprint density at radius 3 is 2.49 bits per heavy atom. The smallest absolute Gasteiger partial charge is 0.274 e. The Balaban J connectivity index is 1.67. The summed E-state index contributed by atoms with van der Waals surface area (Å²) in [6.45, 7) is 5.28. The number of carbonyl (C=O) groups excluding carboxylic acids is 1. The lowest BCUT2D eigenvalue weighted by Crippen LogP contribution is -2.40. The van der Waals surface area contributed by atoms with Crippen LogP contribution in [0.25, 0.3) is 0 Å². The number of benzene rings is 2. The highest BCUT2D eigenvalue weighted by Gasteiger charge is 2.27. The summed E-state index contributed by atoms with van der Waals surface area (Å²) in [7, 11) is -3.79. The third kappa shape index (κ3) is 5.94. The number of aromatic nitrogens is 2. The Morgan fingerprint density at radius 1 is 1.09 bits per heavy atom. The van der Waals surface area contributed by atoms with Gasteiger partial charge in [-0.1, -0.05) is 0 Å². The first kappa shape index (κ1) is 24.6. The number of ether oxygens (including phenoxy) is 3. The predicted molar refractivity (Wildman–Crippen MR) is 128 cm³/mol. The quantitative estimate of drug-likeness (QED) is 0.503. The minimum absolute atomic E-state index is 0.0348. The molecule has 3 aromatic rings. The van der Waals surface area contributed by atoms with Gasteiger partial charge in [0.25, 0.3) is 5.91 Å². The number of rotatable bonds is 8. The number of aryl methyl sites for hydroxylation is 1. The first-order valence-electron chi connectivity index (χ1n) is 11.1. The number of carbonyl (C=O) groups is 1. The molecule has 0 atom stereocenters. The van der Waals surface area contributed by atoms with E-state index in [4.69, 9.17) is 14.2 Å². The van der Waals surface area contributed by atoms with Crippen LogP contribution in [-0.4, -0.2) is 61.5 Å². The van der Waals surface area contributed by atoms with E-state index in [0.717, 1.165) is 0 Å². The molecule has 1 aromatic heterocycles. The molecule has 0 bridgehead atoms. The van der Waals surface area contributed by atoms with E-state index in [2.05, 4.69) is 15.3 Å². The zero-order chi connectivity index (χ0) is 24.8. The monoisotopic (exact) mass is 498 g/mol. The lowest BCUT2D eigenvalue weighted by molar-refractivity contribution is 0.0730. The molecule has 184 valence electrons. The fourth-order valence-corrected chi connectivity index (χ4v) is 4.89. The summed E-state index contributed by atoms with van der Waals surface area (Å²) >= 11 is 0. The van der Waals surface area contributed by atoms with Gasteiger partial charge in [0.05, 0.1) is 30.4 Å². The molecule has 10 nitrogen and oxygen atoms in total. The number of anilines is 1. The van der Waals surface area contributed by atoms with Gasteiger partial charge in [-0.15, -0.1) is 0 Å². The summed E-state index contributed by atoms with van der Waals surface area (Å²) in [4.78, 5) is 21.1. The zero-order valence-electron chi connectivity index (χ0n) is 19.4. The average molecular weight is 499 g/mol. The fourth-order valence-electron chi connectivity index (χ4n) is 3.46. The van der Waals surface area contributed by atoms with Gasteiger partial charge >= 0.3 is 0 Å². The number of sulfonamides is 1. The molecule has 0 aliphatic carbocycles. The van der Waals surface area contributed by atoms with E-state index in [9.17, 15) is 13.2 Å². The molecule has 0 saturated carbocycles. The van der Waals surface area contributed by atoms with Crippen molar-refractivity contribution >= 4 is 21.6 Å². The van der Waals surface area contributed by atoms with Gasteiger partial charge in [-0.05, 0) is 62.4 Å². The first-order chi connectivity index (χ1) is 16.9. The van der Waals surface area contributed by atoms with E-state index in [1.165, 1.54) is 34.8 Å². The van der Waals surface area contributed by atoms with E-state index in [1.54, 1.807) is 31.2 Å². The van der Waals surface area contributed by atoms with Crippen molar-refractivity contribution in [2.24, 2.45) is 0 Å². The number of hydrogen-bond donors (Lipinski definition) is 1. The Bertz CT molecular complexity index is 1290. The summed E-state index contributed by atoms with van der Waals surface area (Å²) in [5.74, 6) is 1.37. The van der Waals surface area contributed by atoms with Crippen molar-refractivity contribution in [1.82, 2.24) is 14.3 Å². The minimum atomic E-state index is -3.79. The summed E-state index contributed by atoms with van der Waals surface area (Å²) in [6.07, 6.45) is 1.48. The molecule has 1 amide bonds. The van der Waals surface area contributed by atoms with Crippen LogP contribution in [0.4, 0.5) is 5.69 Å². The highest BCUT2D eigenvalue weighted by atomic mass is 32.2. The molecular weight excluding hydrogens is 472 g/mol. The normalized spacial score (nSPS) is 14.3. The summed E-state index contributed by atoms with van der Waals surface area (Å²) in [5, 5.41) is 2.73. The van der Waals surface area contributed by atoms with Gasteiger partial charge in [-0.2, -0.15) is 4.31 Å². The van der Waals surface area contributed by atoms with Crippen LogP contribution in [0.5, 0.6) is 17.2 Å². The molecule has 4 rings (SSSR count). The summed E-state index contributed by atoms with van der Waals surface area (Å²) in [6, 6.07) is 12.8. The topological polar surface area (TPSA) is 120 Å². The van der Waals surface area contributed by atoms with Crippen LogP contribution in [0.1, 0.15) is 23.2 Å². The van der Waals surface area contributed by atoms with Gasteiger partial charge in [0.2, 0.25) is 10.0 Å². The zero-order valence-corrected chi connectivity index (χ0v) is 20.2. The Morgan fingerprint density at radius 2 is 1.80 bits per heavy atom. The second-order valence-electron chi connectivity index (χ2n) is 7.62. The van der Waals surface area contributed by atoms with Crippen LogP contribution in [-0.2, 0) is 14.8 Å². The van der Waals surface area contributed by atoms with Crippen LogP contribution in [0, 0.1) is 6.92 Å². The van der Waals surface area contributed by atoms with E-state index in [1.807, 2.05) is 6.92 Å². The molecule has 1 saturated heterocycles. The maximum absolute atomic E-state index is 13.2. The van der Waals surface area contributed by atoms with Gasteiger partial charge in [0.1, 0.15) is 23.0 Å². The number of nitrogens with one attached hydrogen (secondary N) is 1. The molecule has 2 aromatic carbocycles. The molecule has 0 spiro atoms. The molecule has 35 heavy (non-hydrogen) atoms. The average Bonchev–Trinajstić information content (AvgIpc) is 2.87. The molecule has 0 radical (unpaired) electrons. The maximum Gasteiger partial charge on any atom is 0.274 e. The highest BCUT2D eigenvalue weighted by Crippen LogP contribution is 2.34. The molecular formula is C24H26N4O6S. The Labute approximate surface area is 203 Å². The highest BCUT2D eigenvalue weighted by molar-refractivity contribution is 7.89. The fraction of sp³-hybridized carbons (Fsp3) is 0.292. The second kappa shape index (κ2) is 10.8. The van der Waals surface area contributed by atoms with Gasteiger partial charge in [0.15, 0.2) is 5.75 Å². The van der Waals surface area contributed by atoms with Gasteiger partial charge in [-0.25, -0.2) is 18.4 Å². The molecule has 1 fully saturated rings. The van der Waals surface area contributed by atoms with Crippen LogP contribution < -0.4 is 14.8 Å². The third-order valence-corrected chi connectivity index (χ3v) is 7.07. The van der Waals surface area contributed by atoms with Crippen molar-refractivity contribution < 1.29 is 27.4 Å². The predicted octanol–water partition coefficient (Wildman–Crippen LogP) is 3.25. The molecule has 2 heterocycles. The van der Waals surface area contributed by atoms with E-state index in [0.29, 0.717) is 37.1 Å². The summed E-state index contributed by atoms with van der Waals surface area (Å²) < 4.78 is 44.4. The largest absolute Gasteiger partial charge is 0.494 e. The van der Waals surface area contributed by atoms with Gasteiger partial charge < -0.3 is 19.5 Å². The van der Waals surface area contributed by atoms with Crippen LogP contribution in [0.15, 0.2) is 59.6 Å². The van der Waals surface area contributed by atoms with E-state index < -0.39 is 15.9 Å². The third-order valence-electron chi connectivity index (χ3n) is 5.18. The SMILES string of the molecule is CCOc1ccc(Oc2ccc(S(=O)(=O)N3CCOCC3)cc2NC(=O)c2ccnc(C)n2)cc1. The molecule has 1 aliphatic heterocycles. The Hall–Kier alpha value is -3.54. The molecule has 1 aliphatic rings. The van der Waals surface area contributed by atoms with Crippen molar-refractivity contribution in [2.75, 3.05) is 38.2 Å². The second-order valence-corrected chi connectivity index (χ2v) is 9.56. The lowest BCUT2D eigenvalue weighted by atomic mass is 10.2. The minimum Gasteiger partial charge on any atom is -0.494 e. The molecule has 11 heteroatoms. The maximum atomic E-state index is 13.2. The standard InChI is InChI=1S/C24H26N4O6S/c1-3-33-18-4-6-19(7-5-18)34-23-9-8-20(35(30,31)28-12-14-32-15-13-28)16-22(23)27-24(29)21-10-11-25-17(2)26-21/h4-11,16H,3,12-15H2,1-2H3,(H,27,29). The van der Waals surface area contributed by atoms with Crippen molar-refractivity contribution in [3.05, 3.63) is 66.2 Å². The first-order valence-corrected chi connectivity index (χ1v) is 12.5. The van der Waals surface area contributed by atoms with Crippen LogP contribution in [0.3, 0.4) is 0 Å². The van der Waals surface area contributed by atoms with Crippen molar-refractivity contribution in [3.8, 4) is 17.2 Å². The number of nitrogens with zero attached hydrogens (tertiary/aromatic N) is 3. The van der Waals surface area contributed by atoms with Crippen LogP contribution >= 0.6 is 0 Å². The number of amides is 1. The molecule has 1 N–H and O–H groups in total. The van der Waals surface area contributed by atoms with Gasteiger partial charge in [-0.3, -0.25) is 4.79 Å². The van der Waals surface area contributed by atoms with Crippen molar-refractivity contribution in [3.63, 3.8) is 0 Å². The lowest BCUT2D eigenvalue weighted by Gasteiger charge is -2.26. The van der Waals surface area contributed by atoms with E-state index >= 15 is 0 Å². The van der Waals surface area contributed by atoms with Crippen LogP contribution in [0.2, 0.25) is 0 Å². The van der Waals surface area contributed by atoms with Crippen molar-refractivity contribution in [2.45, 2.75) is 18.7 Å². The number of hydrogen-bond acceptors (Lipinski definition) is 8. The van der Waals surface area contributed by atoms with Gasteiger partial charge in [0, 0.05) is 19.3 Å². The number of morpholine rings is 1. The Kier molecular flexibility index (Phi) is 7.59.